The lowest BCUT2D eigenvalue weighted by Gasteiger charge is -2.16. The van der Waals surface area contributed by atoms with E-state index < -0.39 is 5.91 Å². The van der Waals surface area contributed by atoms with E-state index in [0.29, 0.717) is 17.7 Å². The molecule has 0 aliphatic rings. The van der Waals surface area contributed by atoms with Gasteiger partial charge < -0.3 is 10.5 Å². The molecule has 0 saturated carbocycles. The van der Waals surface area contributed by atoms with Gasteiger partial charge in [-0.2, -0.15) is 0 Å². The van der Waals surface area contributed by atoms with Gasteiger partial charge in [0.05, 0.1) is 12.0 Å². The fraction of sp³-hybridized carbons (Fsp3) is 0.333. The van der Waals surface area contributed by atoms with Crippen molar-refractivity contribution >= 4 is 12.2 Å². The van der Waals surface area contributed by atoms with Crippen LogP contribution in [0.15, 0.2) is 24.3 Å². The molecule has 4 nitrogen and oxygen atoms in total. The van der Waals surface area contributed by atoms with E-state index in [9.17, 15) is 9.59 Å². The summed E-state index contributed by atoms with van der Waals surface area (Å²) in [5, 5.41) is 0. The van der Waals surface area contributed by atoms with Crippen LogP contribution in [0.3, 0.4) is 0 Å². The number of carbonyl (C=O) groups excluding carboxylic acids is 2. The molecule has 1 unspecified atom stereocenters. The molecule has 0 saturated heterocycles. The monoisotopic (exact) mass is 221 g/mol. The number of amides is 1. The highest BCUT2D eigenvalue weighted by Gasteiger charge is 2.13. The molecule has 0 aromatic heterocycles. The summed E-state index contributed by atoms with van der Waals surface area (Å²) in [4.78, 5) is 21.5. The SMILES string of the molecule is CCC(CC(N)=O)Oc1ccccc1C=O. The molecule has 0 aliphatic heterocycles. The predicted molar refractivity (Wildman–Crippen MR) is 60.3 cm³/mol. The number of rotatable bonds is 6. The van der Waals surface area contributed by atoms with Gasteiger partial charge in [-0.25, -0.2) is 0 Å². The summed E-state index contributed by atoms with van der Waals surface area (Å²) in [5.74, 6) is 0.0843. The largest absolute Gasteiger partial charge is 0.489 e. The van der Waals surface area contributed by atoms with Crippen LogP contribution in [0.2, 0.25) is 0 Å². The first-order valence-electron chi connectivity index (χ1n) is 5.16. The molecular weight excluding hydrogens is 206 g/mol. The smallest absolute Gasteiger partial charge is 0.221 e. The molecule has 1 rings (SSSR count). The number of hydrogen-bond donors (Lipinski definition) is 1. The van der Waals surface area contributed by atoms with Crippen molar-refractivity contribution in [3.05, 3.63) is 29.8 Å². The Bertz CT molecular complexity index is 376. The number of carbonyl (C=O) groups is 2. The quantitative estimate of drug-likeness (QED) is 0.740. The summed E-state index contributed by atoms with van der Waals surface area (Å²) in [7, 11) is 0. The van der Waals surface area contributed by atoms with Crippen LogP contribution < -0.4 is 10.5 Å². The van der Waals surface area contributed by atoms with E-state index in [-0.39, 0.29) is 12.5 Å². The van der Waals surface area contributed by atoms with Gasteiger partial charge >= 0.3 is 0 Å². The van der Waals surface area contributed by atoms with Gasteiger partial charge in [-0.05, 0) is 18.6 Å². The number of para-hydroxylation sites is 1. The van der Waals surface area contributed by atoms with E-state index >= 15 is 0 Å². The lowest BCUT2D eigenvalue weighted by Crippen LogP contribution is -2.24. The minimum atomic E-state index is -0.407. The molecular formula is C12H15NO3. The highest BCUT2D eigenvalue weighted by atomic mass is 16.5. The van der Waals surface area contributed by atoms with Gasteiger partial charge in [-0.1, -0.05) is 19.1 Å². The first-order chi connectivity index (χ1) is 7.67. The number of nitrogens with two attached hydrogens (primary N) is 1. The fourth-order valence-electron chi connectivity index (χ4n) is 1.36. The maximum Gasteiger partial charge on any atom is 0.221 e. The van der Waals surface area contributed by atoms with Crippen LogP contribution in [0.5, 0.6) is 5.75 Å². The number of ether oxygens (including phenoxy) is 1. The van der Waals surface area contributed by atoms with Crippen molar-refractivity contribution in [3.63, 3.8) is 0 Å². The van der Waals surface area contributed by atoms with Crippen molar-refractivity contribution in [2.75, 3.05) is 0 Å². The van der Waals surface area contributed by atoms with Gasteiger partial charge in [-0.3, -0.25) is 9.59 Å². The Kier molecular flexibility index (Phi) is 4.51. The van der Waals surface area contributed by atoms with E-state index in [1.807, 2.05) is 6.92 Å². The van der Waals surface area contributed by atoms with Gasteiger partial charge in [-0.15, -0.1) is 0 Å². The zero-order valence-corrected chi connectivity index (χ0v) is 9.18. The van der Waals surface area contributed by atoms with Crippen LogP contribution in [0.1, 0.15) is 30.1 Å². The number of primary amides is 1. The second-order valence-electron chi connectivity index (χ2n) is 3.47. The molecule has 1 aromatic rings. The fourth-order valence-corrected chi connectivity index (χ4v) is 1.36. The lowest BCUT2D eigenvalue weighted by atomic mass is 10.1. The van der Waals surface area contributed by atoms with Crippen molar-refractivity contribution < 1.29 is 14.3 Å². The normalized spacial score (nSPS) is 11.8. The van der Waals surface area contributed by atoms with E-state index in [0.717, 1.165) is 6.29 Å². The summed E-state index contributed by atoms with van der Waals surface area (Å²) in [6.45, 7) is 1.90. The standard InChI is InChI=1S/C12H15NO3/c1-2-10(7-12(13)15)16-11-6-4-3-5-9(11)8-14/h3-6,8,10H,2,7H2,1H3,(H2,13,15). The van der Waals surface area contributed by atoms with Gasteiger partial charge in [0, 0.05) is 0 Å². The lowest BCUT2D eigenvalue weighted by molar-refractivity contribution is -0.119. The molecule has 16 heavy (non-hydrogen) atoms. The summed E-state index contributed by atoms with van der Waals surface area (Å²) in [6.07, 6.45) is 1.27. The van der Waals surface area contributed by atoms with Crippen LogP contribution in [-0.2, 0) is 4.79 Å². The molecule has 0 bridgehead atoms. The van der Waals surface area contributed by atoms with Crippen LogP contribution in [0.25, 0.3) is 0 Å². The molecule has 1 atom stereocenters. The first kappa shape index (κ1) is 12.2. The van der Waals surface area contributed by atoms with Crippen molar-refractivity contribution in [2.24, 2.45) is 5.73 Å². The van der Waals surface area contributed by atoms with E-state index in [1.165, 1.54) is 0 Å². The maximum atomic E-state index is 10.8. The maximum absolute atomic E-state index is 10.8. The molecule has 86 valence electrons. The molecule has 0 heterocycles. The third-order valence-corrected chi connectivity index (χ3v) is 2.22. The zero-order chi connectivity index (χ0) is 12.0. The van der Waals surface area contributed by atoms with Gasteiger partial charge in [0.25, 0.3) is 0 Å². The van der Waals surface area contributed by atoms with Crippen molar-refractivity contribution in [3.8, 4) is 5.75 Å². The average Bonchev–Trinajstić information content (AvgIpc) is 2.28. The Labute approximate surface area is 94.4 Å². The van der Waals surface area contributed by atoms with Crippen LogP contribution in [-0.4, -0.2) is 18.3 Å². The van der Waals surface area contributed by atoms with E-state index in [1.54, 1.807) is 24.3 Å². The van der Waals surface area contributed by atoms with E-state index in [4.69, 9.17) is 10.5 Å². The Morgan fingerprint density at radius 2 is 2.19 bits per heavy atom. The minimum absolute atomic E-state index is 0.156. The van der Waals surface area contributed by atoms with Gasteiger partial charge in [0.2, 0.25) is 5.91 Å². The average molecular weight is 221 g/mol. The molecule has 0 radical (unpaired) electrons. The Morgan fingerprint density at radius 1 is 1.50 bits per heavy atom. The van der Waals surface area contributed by atoms with Crippen molar-refractivity contribution in [1.29, 1.82) is 0 Å². The van der Waals surface area contributed by atoms with Crippen LogP contribution in [0.4, 0.5) is 0 Å². The molecule has 1 amide bonds. The number of benzene rings is 1. The predicted octanol–water partition coefficient (Wildman–Crippen LogP) is 1.53. The Balaban J connectivity index is 2.76. The molecule has 1 aromatic carbocycles. The minimum Gasteiger partial charge on any atom is -0.489 e. The molecule has 0 aliphatic carbocycles. The third-order valence-electron chi connectivity index (χ3n) is 2.22. The molecule has 4 heteroatoms. The molecule has 0 spiro atoms. The number of hydrogen-bond acceptors (Lipinski definition) is 3. The number of aldehydes is 1. The summed E-state index contributed by atoms with van der Waals surface area (Å²) in [5.41, 5.74) is 5.58. The zero-order valence-electron chi connectivity index (χ0n) is 9.18. The Hall–Kier alpha value is -1.84. The van der Waals surface area contributed by atoms with Crippen molar-refractivity contribution in [2.45, 2.75) is 25.9 Å². The second-order valence-corrected chi connectivity index (χ2v) is 3.47. The van der Waals surface area contributed by atoms with Gasteiger partial charge in [0.1, 0.15) is 11.9 Å². The second kappa shape index (κ2) is 5.90. The van der Waals surface area contributed by atoms with E-state index in [2.05, 4.69) is 0 Å². The summed E-state index contributed by atoms with van der Waals surface area (Å²) >= 11 is 0. The topological polar surface area (TPSA) is 69.4 Å². The highest BCUT2D eigenvalue weighted by Crippen LogP contribution is 2.19. The molecule has 0 fully saturated rings. The third kappa shape index (κ3) is 3.38. The first-order valence-corrected chi connectivity index (χ1v) is 5.16. The summed E-state index contributed by atoms with van der Waals surface area (Å²) < 4.78 is 5.56. The Morgan fingerprint density at radius 3 is 2.75 bits per heavy atom. The van der Waals surface area contributed by atoms with Gasteiger partial charge in [0.15, 0.2) is 6.29 Å². The van der Waals surface area contributed by atoms with Crippen LogP contribution >= 0.6 is 0 Å². The molecule has 2 N–H and O–H groups in total. The highest BCUT2D eigenvalue weighted by molar-refractivity contribution is 5.79. The summed E-state index contributed by atoms with van der Waals surface area (Å²) in [6, 6.07) is 6.90. The van der Waals surface area contributed by atoms with Crippen molar-refractivity contribution in [1.82, 2.24) is 0 Å². The van der Waals surface area contributed by atoms with Crippen LogP contribution in [0, 0.1) is 0 Å².